The number of benzene rings is 1. The number of halogens is 3. The molecule has 4 nitrogen and oxygen atoms in total. The minimum Gasteiger partial charge on any atom is -0.393 e. The van der Waals surface area contributed by atoms with Gasteiger partial charge in [0.1, 0.15) is 23.6 Å². The fourth-order valence-electron chi connectivity index (χ4n) is 1.19. The summed E-state index contributed by atoms with van der Waals surface area (Å²) in [7, 11) is 0. The van der Waals surface area contributed by atoms with Crippen LogP contribution in [0.4, 0.5) is 26.0 Å². The molecule has 3 N–H and O–H groups in total. The third-order valence-corrected chi connectivity index (χ3v) is 2.32. The minimum absolute atomic E-state index is 0.0490. The molecule has 0 amide bonds. The number of rotatable bonds is 2. The number of nitrogens with zero attached hydrogens (tertiary/aromatic N) is 2. The van der Waals surface area contributed by atoms with Gasteiger partial charge in [-0.1, -0.05) is 11.6 Å². The lowest BCUT2D eigenvalue weighted by atomic mass is 10.3. The van der Waals surface area contributed by atoms with E-state index in [-0.39, 0.29) is 22.3 Å². The maximum atomic E-state index is 13.3. The van der Waals surface area contributed by atoms with Crippen molar-refractivity contribution >= 4 is 28.8 Å². The zero-order valence-electron chi connectivity index (χ0n) is 8.42. The van der Waals surface area contributed by atoms with Crippen LogP contribution in [0.15, 0.2) is 24.5 Å². The van der Waals surface area contributed by atoms with Crippen molar-refractivity contribution in [2.75, 3.05) is 11.1 Å². The van der Waals surface area contributed by atoms with Crippen molar-refractivity contribution < 1.29 is 8.78 Å². The first-order chi connectivity index (χ1) is 8.08. The molecule has 1 aromatic carbocycles. The van der Waals surface area contributed by atoms with E-state index in [1.807, 2.05) is 0 Å². The third kappa shape index (κ3) is 2.42. The first-order valence-corrected chi connectivity index (χ1v) is 4.94. The Morgan fingerprint density at radius 3 is 2.71 bits per heavy atom. The van der Waals surface area contributed by atoms with E-state index in [4.69, 9.17) is 17.3 Å². The number of hydrogen-bond donors (Lipinski definition) is 2. The van der Waals surface area contributed by atoms with E-state index in [0.29, 0.717) is 0 Å². The number of nitrogens with one attached hydrogen (secondary N) is 1. The molecule has 0 aliphatic heterocycles. The van der Waals surface area contributed by atoms with E-state index in [1.54, 1.807) is 0 Å². The molecule has 0 unspecified atom stereocenters. The van der Waals surface area contributed by atoms with Crippen LogP contribution in [0, 0.1) is 11.6 Å². The summed E-state index contributed by atoms with van der Waals surface area (Å²) in [5.74, 6) is -1.25. The van der Waals surface area contributed by atoms with Crippen molar-refractivity contribution in [3.63, 3.8) is 0 Å². The van der Waals surface area contributed by atoms with Crippen LogP contribution >= 0.6 is 11.6 Å². The molecule has 2 aromatic rings. The molecule has 1 aromatic heterocycles. The normalized spacial score (nSPS) is 10.3. The highest BCUT2D eigenvalue weighted by Crippen LogP contribution is 2.26. The summed E-state index contributed by atoms with van der Waals surface area (Å²) in [6.07, 6.45) is 1.18. The van der Waals surface area contributed by atoms with Crippen LogP contribution in [0.3, 0.4) is 0 Å². The lowest BCUT2D eigenvalue weighted by Crippen LogP contribution is -2.02. The lowest BCUT2D eigenvalue weighted by Gasteiger charge is -2.09. The molecule has 1 heterocycles. The number of nitrogen functional groups attached to an aromatic ring is 1. The van der Waals surface area contributed by atoms with Crippen LogP contribution < -0.4 is 11.1 Å². The SMILES string of the molecule is Nc1c(Cl)ncnc1Nc1ccc(F)cc1F. The van der Waals surface area contributed by atoms with E-state index in [2.05, 4.69) is 15.3 Å². The number of nitrogens with two attached hydrogens (primary N) is 1. The summed E-state index contributed by atoms with van der Waals surface area (Å²) in [6, 6.07) is 3.10. The Morgan fingerprint density at radius 1 is 1.24 bits per heavy atom. The summed E-state index contributed by atoms with van der Waals surface area (Å²) in [6.45, 7) is 0. The van der Waals surface area contributed by atoms with E-state index >= 15 is 0 Å². The monoisotopic (exact) mass is 256 g/mol. The summed E-state index contributed by atoms with van der Waals surface area (Å²) in [5.41, 5.74) is 5.74. The van der Waals surface area contributed by atoms with Gasteiger partial charge in [0.15, 0.2) is 11.0 Å². The molecule has 0 aliphatic rings. The van der Waals surface area contributed by atoms with E-state index in [0.717, 1.165) is 12.1 Å². The van der Waals surface area contributed by atoms with Gasteiger partial charge in [0.2, 0.25) is 0 Å². The lowest BCUT2D eigenvalue weighted by molar-refractivity contribution is 0.586. The smallest absolute Gasteiger partial charge is 0.158 e. The van der Waals surface area contributed by atoms with Gasteiger partial charge in [-0.25, -0.2) is 18.7 Å². The maximum Gasteiger partial charge on any atom is 0.158 e. The number of hydrogen-bond acceptors (Lipinski definition) is 4. The van der Waals surface area contributed by atoms with Gasteiger partial charge < -0.3 is 11.1 Å². The second-order valence-electron chi connectivity index (χ2n) is 3.18. The molecule has 17 heavy (non-hydrogen) atoms. The Bertz CT molecular complexity index is 562. The van der Waals surface area contributed by atoms with Crippen LogP contribution in [-0.2, 0) is 0 Å². The zero-order valence-corrected chi connectivity index (χ0v) is 9.17. The van der Waals surface area contributed by atoms with E-state index in [1.165, 1.54) is 12.4 Å². The molecule has 0 fully saturated rings. The number of anilines is 3. The molecule has 2 rings (SSSR count). The molecule has 0 saturated heterocycles. The second-order valence-corrected chi connectivity index (χ2v) is 3.53. The van der Waals surface area contributed by atoms with Crippen molar-refractivity contribution in [2.45, 2.75) is 0 Å². The first-order valence-electron chi connectivity index (χ1n) is 4.56. The Hall–Kier alpha value is -1.95. The maximum absolute atomic E-state index is 13.3. The average molecular weight is 257 g/mol. The van der Waals surface area contributed by atoms with Gasteiger partial charge in [0.05, 0.1) is 5.69 Å². The van der Waals surface area contributed by atoms with Crippen LogP contribution in [-0.4, -0.2) is 9.97 Å². The molecule has 0 bridgehead atoms. The molecule has 7 heteroatoms. The van der Waals surface area contributed by atoms with Crippen LogP contribution in [0.2, 0.25) is 5.15 Å². The highest BCUT2D eigenvalue weighted by molar-refractivity contribution is 6.32. The molecular weight excluding hydrogens is 250 g/mol. The van der Waals surface area contributed by atoms with Crippen molar-refractivity contribution in [2.24, 2.45) is 0 Å². The van der Waals surface area contributed by atoms with Crippen LogP contribution in [0.5, 0.6) is 0 Å². The molecule has 0 spiro atoms. The molecule has 0 aliphatic carbocycles. The van der Waals surface area contributed by atoms with Crippen molar-refractivity contribution in [3.05, 3.63) is 41.3 Å². The summed E-state index contributed by atoms with van der Waals surface area (Å²) >= 11 is 5.68. The topological polar surface area (TPSA) is 63.8 Å². The molecule has 0 saturated carbocycles. The van der Waals surface area contributed by atoms with Gasteiger partial charge in [-0.2, -0.15) is 0 Å². The predicted octanol–water partition coefficient (Wildman–Crippen LogP) is 2.73. The molecule has 0 atom stereocenters. The van der Waals surface area contributed by atoms with Crippen molar-refractivity contribution in [3.8, 4) is 0 Å². The number of aromatic nitrogens is 2. The summed E-state index contributed by atoms with van der Waals surface area (Å²) < 4.78 is 26.0. The van der Waals surface area contributed by atoms with Gasteiger partial charge in [0, 0.05) is 6.07 Å². The quantitative estimate of drug-likeness (QED) is 0.811. The van der Waals surface area contributed by atoms with Gasteiger partial charge in [-0.15, -0.1) is 0 Å². The minimum atomic E-state index is -0.751. The van der Waals surface area contributed by atoms with Crippen LogP contribution in [0.25, 0.3) is 0 Å². The molecular formula is C10H7ClF2N4. The fourth-order valence-corrected chi connectivity index (χ4v) is 1.33. The second kappa shape index (κ2) is 4.50. The van der Waals surface area contributed by atoms with Gasteiger partial charge in [-0.05, 0) is 12.1 Å². The van der Waals surface area contributed by atoms with E-state index < -0.39 is 11.6 Å². The van der Waals surface area contributed by atoms with Gasteiger partial charge in [0.25, 0.3) is 0 Å². The van der Waals surface area contributed by atoms with Gasteiger partial charge >= 0.3 is 0 Å². The largest absolute Gasteiger partial charge is 0.393 e. The Labute approximate surface area is 100 Å². The Kier molecular flexibility index (Phi) is 3.06. The van der Waals surface area contributed by atoms with Crippen LogP contribution in [0.1, 0.15) is 0 Å². The molecule has 0 radical (unpaired) electrons. The van der Waals surface area contributed by atoms with Gasteiger partial charge in [-0.3, -0.25) is 0 Å². The predicted molar refractivity (Wildman–Crippen MR) is 61.1 cm³/mol. The zero-order chi connectivity index (χ0) is 12.4. The van der Waals surface area contributed by atoms with E-state index in [9.17, 15) is 8.78 Å². The summed E-state index contributed by atoms with van der Waals surface area (Å²) in [4.78, 5) is 7.46. The fraction of sp³-hybridized carbons (Fsp3) is 0. The average Bonchev–Trinajstić information content (AvgIpc) is 2.28. The first kappa shape index (κ1) is 11.5. The third-order valence-electron chi connectivity index (χ3n) is 2.02. The molecule has 88 valence electrons. The Balaban J connectivity index is 2.35. The Morgan fingerprint density at radius 2 is 2.00 bits per heavy atom. The highest BCUT2D eigenvalue weighted by atomic mass is 35.5. The highest BCUT2D eigenvalue weighted by Gasteiger charge is 2.09. The van der Waals surface area contributed by atoms with Crippen molar-refractivity contribution in [1.82, 2.24) is 9.97 Å². The standard InChI is InChI=1S/C10H7ClF2N4/c11-9-8(14)10(16-4-15-9)17-7-2-1-5(12)3-6(7)13/h1-4H,14H2,(H,15,16,17). The summed E-state index contributed by atoms with van der Waals surface area (Å²) in [5, 5.41) is 2.67. The van der Waals surface area contributed by atoms with Crippen molar-refractivity contribution in [1.29, 1.82) is 0 Å².